The standard InChI is InChI=1S/C14H19FO/c1-16-13-8-4-3-7-12(13)14(11-15)9-5-2-6-10-14/h3-4,7-8H,2,5-6,9-11H2,1H3. The van der Waals surface area contributed by atoms with E-state index in [1.165, 1.54) is 6.42 Å². The van der Waals surface area contributed by atoms with Crippen LogP contribution in [-0.2, 0) is 5.41 Å². The fraction of sp³-hybridized carbons (Fsp3) is 0.571. The largest absolute Gasteiger partial charge is 0.496 e. The lowest BCUT2D eigenvalue weighted by Gasteiger charge is -2.36. The third-order valence-corrected chi connectivity index (χ3v) is 3.74. The van der Waals surface area contributed by atoms with Gasteiger partial charge in [-0.25, -0.2) is 0 Å². The molecule has 0 aromatic heterocycles. The second-order valence-corrected chi connectivity index (χ2v) is 4.67. The topological polar surface area (TPSA) is 9.23 Å². The van der Waals surface area contributed by atoms with Gasteiger partial charge in [-0.2, -0.15) is 0 Å². The Morgan fingerprint density at radius 1 is 1.19 bits per heavy atom. The minimum absolute atomic E-state index is 0.270. The summed E-state index contributed by atoms with van der Waals surface area (Å²) in [5, 5.41) is 0. The maximum Gasteiger partial charge on any atom is 0.122 e. The van der Waals surface area contributed by atoms with Gasteiger partial charge in [0.25, 0.3) is 0 Å². The van der Waals surface area contributed by atoms with Crippen molar-refractivity contribution >= 4 is 0 Å². The third-order valence-electron chi connectivity index (χ3n) is 3.74. The Hall–Kier alpha value is -1.05. The summed E-state index contributed by atoms with van der Waals surface area (Å²) in [5.74, 6) is 0.835. The van der Waals surface area contributed by atoms with Crippen LogP contribution in [0.3, 0.4) is 0 Å². The monoisotopic (exact) mass is 222 g/mol. The average Bonchev–Trinajstić information content (AvgIpc) is 2.39. The number of alkyl halides is 1. The van der Waals surface area contributed by atoms with Crippen LogP contribution in [0.4, 0.5) is 4.39 Å². The van der Waals surface area contributed by atoms with Crippen molar-refractivity contribution in [3.05, 3.63) is 29.8 Å². The lowest BCUT2D eigenvalue weighted by atomic mass is 9.70. The Morgan fingerprint density at radius 3 is 2.50 bits per heavy atom. The molecule has 0 unspecified atom stereocenters. The van der Waals surface area contributed by atoms with Gasteiger partial charge in [-0.3, -0.25) is 4.39 Å². The van der Waals surface area contributed by atoms with Gasteiger partial charge in [-0.05, 0) is 18.9 Å². The highest BCUT2D eigenvalue weighted by atomic mass is 19.1. The van der Waals surface area contributed by atoms with E-state index in [0.29, 0.717) is 0 Å². The van der Waals surface area contributed by atoms with E-state index in [1.54, 1.807) is 7.11 Å². The summed E-state index contributed by atoms with van der Waals surface area (Å²) in [4.78, 5) is 0. The smallest absolute Gasteiger partial charge is 0.122 e. The number of hydrogen-bond donors (Lipinski definition) is 0. The Balaban J connectivity index is 2.38. The molecule has 0 atom stereocenters. The quantitative estimate of drug-likeness (QED) is 0.754. The molecule has 0 N–H and O–H groups in total. The van der Waals surface area contributed by atoms with Gasteiger partial charge in [-0.15, -0.1) is 0 Å². The van der Waals surface area contributed by atoms with Crippen molar-refractivity contribution in [2.24, 2.45) is 0 Å². The van der Waals surface area contributed by atoms with E-state index in [2.05, 4.69) is 0 Å². The molecule has 0 aliphatic heterocycles. The molecule has 2 heteroatoms. The van der Waals surface area contributed by atoms with Crippen molar-refractivity contribution in [2.45, 2.75) is 37.5 Å². The Labute approximate surface area is 96.6 Å². The first kappa shape index (κ1) is 11.4. The molecular weight excluding hydrogens is 203 g/mol. The van der Waals surface area contributed by atoms with Gasteiger partial charge in [0, 0.05) is 11.0 Å². The lowest BCUT2D eigenvalue weighted by Crippen LogP contribution is -2.31. The Morgan fingerprint density at radius 2 is 1.88 bits per heavy atom. The number of methoxy groups -OCH3 is 1. The minimum Gasteiger partial charge on any atom is -0.496 e. The number of rotatable bonds is 3. The van der Waals surface area contributed by atoms with E-state index in [-0.39, 0.29) is 12.1 Å². The number of hydrogen-bond acceptors (Lipinski definition) is 1. The second-order valence-electron chi connectivity index (χ2n) is 4.67. The normalized spacial score (nSPS) is 19.4. The highest BCUT2D eigenvalue weighted by Crippen LogP contribution is 2.43. The van der Waals surface area contributed by atoms with Gasteiger partial charge in [0.1, 0.15) is 5.75 Å². The third kappa shape index (κ3) is 1.93. The van der Waals surface area contributed by atoms with Crippen molar-refractivity contribution in [3.63, 3.8) is 0 Å². The molecule has 1 aliphatic rings. The van der Waals surface area contributed by atoms with Gasteiger partial charge in [0.2, 0.25) is 0 Å². The van der Waals surface area contributed by atoms with Crippen LogP contribution in [0.25, 0.3) is 0 Å². The molecule has 88 valence electrons. The van der Waals surface area contributed by atoms with Crippen LogP contribution in [-0.4, -0.2) is 13.8 Å². The van der Waals surface area contributed by atoms with Crippen LogP contribution in [0.2, 0.25) is 0 Å². The van der Waals surface area contributed by atoms with Gasteiger partial charge in [0.05, 0.1) is 13.8 Å². The second kappa shape index (κ2) is 4.86. The Kier molecular flexibility index (Phi) is 3.47. The summed E-state index contributed by atoms with van der Waals surface area (Å²) in [6.45, 7) is -0.270. The zero-order valence-corrected chi connectivity index (χ0v) is 9.84. The highest BCUT2D eigenvalue weighted by molar-refractivity contribution is 5.40. The molecule has 1 aromatic rings. The van der Waals surface area contributed by atoms with E-state index in [0.717, 1.165) is 37.0 Å². The molecular formula is C14H19FO. The predicted octanol–water partition coefficient (Wildman–Crippen LogP) is 3.87. The Bertz CT molecular complexity index is 342. The van der Waals surface area contributed by atoms with Crippen molar-refractivity contribution in [1.29, 1.82) is 0 Å². The lowest BCUT2D eigenvalue weighted by molar-refractivity contribution is 0.220. The maximum absolute atomic E-state index is 13.5. The van der Waals surface area contributed by atoms with E-state index in [9.17, 15) is 4.39 Å². The molecule has 1 saturated carbocycles. The fourth-order valence-electron chi connectivity index (χ4n) is 2.79. The van der Waals surface area contributed by atoms with Crippen molar-refractivity contribution in [3.8, 4) is 5.75 Å². The zero-order valence-electron chi connectivity index (χ0n) is 9.84. The van der Waals surface area contributed by atoms with Gasteiger partial charge in [0.15, 0.2) is 0 Å². The van der Waals surface area contributed by atoms with Gasteiger partial charge >= 0.3 is 0 Å². The first-order valence-electron chi connectivity index (χ1n) is 6.02. The molecule has 0 spiro atoms. The van der Waals surface area contributed by atoms with Crippen LogP contribution in [0.1, 0.15) is 37.7 Å². The minimum atomic E-state index is -0.287. The average molecular weight is 222 g/mol. The summed E-state index contributed by atoms with van der Waals surface area (Å²) in [6.07, 6.45) is 5.38. The fourth-order valence-corrected chi connectivity index (χ4v) is 2.79. The molecule has 0 radical (unpaired) electrons. The number of benzene rings is 1. The maximum atomic E-state index is 13.5. The summed E-state index contributed by atoms with van der Waals surface area (Å²) in [6, 6.07) is 7.87. The first-order chi connectivity index (χ1) is 7.82. The van der Waals surface area contributed by atoms with E-state index in [4.69, 9.17) is 4.74 Å². The number of para-hydroxylation sites is 1. The molecule has 1 fully saturated rings. The number of ether oxygens (including phenoxy) is 1. The van der Waals surface area contributed by atoms with Gasteiger partial charge < -0.3 is 4.74 Å². The molecule has 1 nitrogen and oxygen atoms in total. The van der Waals surface area contributed by atoms with E-state index < -0.39 is 0 Å². The molecule has 0 heterocycles. The highest BCUT2D eigenvalue weighted by Gasteiger charge is 2.36. The van der Waals surface area contributed by atoms with Crippen molar-refractivity contribution in [1.82, 2.24) is 0 Å². The molecule has 16 heavy (non-hydrogen) atoms. The van der Waals surface area contributed by atoms with Crippen LogP contribution in [0.15, 0.2) is 24.3 Å². The van der Waals surface area contributed by atoms with E-state index in [1.807, 2.05) is 24.3 Å². The summed E-state index contributed by atoms with van der Waals surface area (Å²) in [7, 11) is 1.66. The molecule has 2 rings (SSSR count). The van der Waals surface area contributed by atoms with Crippen LogP contribution in [0, 0.1) is 0 Å². The molecule has 0 bridgehead atoms. The molecule has 1 aliphatic carbocycles. The molecule has 0 saturated heterocycles. The zero-order chi connectivity index (χ0) is 11.4. The van der Waals surface area contributed by atoms with Crippen molar-refractivity contribution in [2.75, 3.05) is 13.8 Å². The van der Waals surface area contributed by atoms with Crippen molar-refractivity contribution < 1.29 is 9.13 Å². The van der Waals surface area contributed by atoms with E-state index >= 15 is 0 Å². The van der Waals surface area contributed by atoms with Crippen LogP contribution >= 0.6 is 0 Å². The number of halogens is 1. The van der Waals surface area contributed by atoms with Crippen LogP contribution < -0.4 is 4.74 Å². The first-order valence-corrected chi connectivity index (χ1v) is 6.02. The van der Waals surface area contributed by atoms with Crippen LogP contribution in [0.5, 0.6) is 5.75 Å². The van der Waals surface area contributed by atoms with Gasteiger partial charge in [-0.1, -0.05) is 37.5 Å². The summed E-state index contributed by atoms with van der Waals surface area (Å²) < 4.78 is 18.8. The SMILES string of the molecule is COc1ccccc1C1(CF)CCCCC1. The molecule has 1 aromatic carbocycles. The summed E-state index contributed by atoms with van der Waals surface area (Å²) >= 11 is 0. The predicted molar refractivity (Wildman–Crippen MR) is 63.7 cm³/mol. The summed E-state index contributed by atoms with van der Waals surface area (Å²) in [5.41, 5.74) is 0.768. The molecule has 0 amide bonds.